The number of amides is 1. The number of hydrogen-bond acceptors (Lipinski definition) is 4. The van der Waals surface area contributed by atoms with E-state index < -0.39 is 9.84 Å². The number of carbonyl (C=O) groups is 2. The minimum Gasteiger partial charge on any atom is -0.322 e. The zero-order valence-corrected chi connectivity index (χ0v) is 13.7. The van der Waals surface area contributed by atoms with E-state index in [2.05, 4.69) is 5.32 Å². The van der Waals surface area contributed by atoms with Crippen molar-refractivity contribution in [3.05, 3.63) is 65.2 Å². The molecule has 120 valence electrons. The largest absolute Gasteiger partial charge is 0.322 e. The zero-order valence-electron chi connectivity index (χ0n) is 12.9. The molecule has 0 unspecified atom stereocenters. The summed E-state index contributed by atoms with van der Waals surface area (Å²) in [4.78, 5) is 23.3. The number of ketones is 1. The van der Waals surface area contributed by atoms with Gasteiger partial charge in [0.05, 0.1) is 5.75 Å². The van der Waals surface area contributed by atoms with Crippen molar-refractivity contribution in [3.8, 4) is 0 Å². The summed E-state index contributed by atoms with van der Waals surface area (Å²) in [6, 6.07) is 13.0. The Kier molecular flexibility index (Phi) is 4.95. The molecule has 0 spiro atoms. The van der Waals surface area contributed by atoms with E-state index in [1.807, 2.05) is 0 Å². The maximum absolute atomic E-state index is 12.1. The molecule has 0 aliphatic rings. The van der Waals surface area contributed by atoms with Crippen molar-refractivity contribution in [2.45, 2.75) is 12.7 Å². The van der Waals surface area contributed by atoms with Gasteiger partial charge in [-0.15, -0.1) is 0 Å². The first kappa shape index (κ1) is 16.9. The van der Waals surface area contributed by atoms with Crippen LogP contribution < -0.4 is 5.32 Å². The van der Waals surface area contributed by atoms with Crippen LogP contribution in [0.15, 0.2) is 48.5 Å². The van der Waals surface area contributed by atoms with Crippen molar-refractivity contribution >= 4 is 27.2 Å². The van der Waals surface area contributed by atoms with Gasteiger partial charge in [-0.1, -0.05) is 12.1 Å². The number of Topliss-reactive ketones (excluding diaryl/α,β-unsaturated/α-hetero) is 1. The molecule has 0 aromatic heterocycles. The van der Waals surface area contributed by atoms with Gasteiger partial charge in [-0.05, 0) is 48.9 Å². The molecule has 0 aliphatic carbocycles. The van der Waals surface area contributed by atoms with Gasteiger partial charge < -0.3 is 5.32 Å². The molecule has 0 fully saturated rings. The maximum Gasteiger partial charge on any atom is 0.255 e. The number of nitrogens with one attached hydrogen (secondary N) is 1. The van der Waals surface area contributed by atoms with Crippen LogP contribution in [-0.4, -0.2) is 26.4 Å². The number of anilines is 1. The summed E-state index contributed by atoms with van der Waals surface area (Å²) in [6.45, 7) is 1.48. The standard InChI is InChI=1S/C17H17NO4S/c1-12(19)14-7-9-16(10-8-14)18-17(20)15-5-3-13(4-6-15)11-23(2,21)22/h3-10H,11H2,1-2H3,(H,18,20). The minimum atomic E-state index is -3.10. The van der Waals surface area contributed by atoms with Crippen LogP contribution in [0.25, 0.3) is 0 Å². The molecule has 23 heavy (non-hydrogen) atoms. The summed E-state index contributed by atoms with van der Waals surface area (Å²) in [5.41, 5.74) is 2.22. The zero-order chi connectivity index (χ0) is 17.0. The highest BCUT2D eigenvalue weighted by Gasteiger charge is 2.09. The van der Waals surface area contributed by atoms with E-state index in [-0.39, 0.29) is 17.4 Å². The number of benzene rings is 2. The fraction of sp³-hybridized carbons (Fsp3) is 0.176. The molecule has 1 N–H and O–H groups in total. The Hall–Kier alpha value is -2.47. The van der Waals surface area contributed by atoms with Crippen molar-refractivity contribution in [2.75, 3.05) is 11.6 Å². The summed E-state index contributed by atoms with van der Waals surface area (Å²) >= 11 is 0. The molecule has 0 atom stereocenters. The molecule has 2 rings (SSSR count). The predicted octanol–water partition coefficient (Wildman–Crippen LogP) is 2.69. The van der Waals surface area contributed by atoms with Crippen LogP contribution in [0.2, 0.25) is 0 Å². The lowest BCUT2D eigenvalue weighted by Gasteiger charge is -2.07. The lowest BCUT2D eigenvalue weighted by molar-refractivity contribution is 0.101. The van der Waals surface area contributed by atoms with Gasteiger partial charge in [-0.25, -0.2) is 8.42 Å². The second-order valence-electron chi connectivity index (χ2n) is 5.35. The first-order valence-electron chi connectivity index (χ1n) is 6.93. The van der Waals surface area contributed by atoms with E-state index in [4.69, 9.17) is 0 Å². The number of rotatable bonds is 5. The van der Waals surface area contributed by atoms with Gasteiger partial charge in [-0.3, -0.25) is 9.59 Å². The maximum atomic E-state index is 12.1. The van der Waals surface area contributed by atoms with Crippen LogP contribution in [0, 0.1) is 0 Å². The molecule has 6 heteroatoms. The normalized spacial score (nSPS) is 11.0. The molecule has 0 saturated carbocycles. The van der Waals surface area contributed by atoms with Gasteiger partial charge >= 0.3 is 0 Å². The highest BCUT2D eigenvalue weighted by atomic mass is 32.2. The summed E-state index contributed by atoms with van der Waals surface area (Å²) in [5, 5.41) is 2.72. The van der Waals surface area contributed by atoms with E-state index in [0.717, 1.165) is 0 Å². The van der Waals surface area contributed by atoms with Gasteiger partial charge in [0.25, 0.3) is 5.91 Å². The summed E-state index contributed by atoms with van der Waals surface area (Å²) in [5.74, 6) is -0.391. The minimum absolute atomic E-state index is 0.0376. The molecule has 0 bridgehead atoms. The molecule has 0 aliphatic heterocycles. The number of carbonyl (C=O) groups excluding carboxylic acids is 2. The highest BCUT2D eigenvalue weighted by molar-refractivity contribution is 7.89. The number of hydrogen-bond donors (Lipinski definition) is 1. The Labute approximate surface area is 135 Å². The van der Waals surface area contributed by atoms with Crippen LogP contribution in [0.1, 0.15) is 33.2 Å². The summed E-state index contributed by atoms with van der Waals surface area (Å²) in [7, 11) is -3.10. The fourth-order valence-electron chi connectivity index (χ4n) is 2.05. The molecule has 1 amide bonds. The van der Waals surface area contributed by atoms with E-state index in [1.165, 1.54) is 13.2 Å². The van der Waals surface area contributed by atoms with Gasteiger partial charge in [0.1, 0.15) is 0 Å². The quantitative estimate of drug-likeness (QED) is 0.854. The first-order chi connectivity index (χ1) is 10.7. The molecule has 2 aromatic carbocycles. The smallest absolute Gasteiger partial charge is 0.255 e. The molecule has 5 nitrogen and oxygen atoms in total. The van der Waals surface area contributed by atoms with Crippen molar-refractivity contribution in [1.82, 2.24) is 0 Å². The third-order valence-corrected chi connectivity index (χ3v) is 4.05. The Bertz CT molecular complexity index is 822. The third kappa shape index (κ3) is 5.03. The van der Waals surface area contributed by atoms with Gasteiger partial charge in [0, 0.05) is 23.1 Å². The predicted molar refractivity (Wildman–Crippen MR) is 89.4 cm³/mol. The highest BCUT2D eigenvalue weighted by Crippen LogP contribution is 2.13. The second-order valence-corrected chi connectivity index (χ2v) is 7.49. The summed E-state index contributed by atoms with van der Waals surface area (Å²) in [6.07, 6.45) is 1.17. The Morgan fingerprint density at radius 1 is 0.913 bits per heavy atom. The molecular formula is C17H17NO4S. The molecule has 0 heterocycles. The van der Waals surface area contributed by atoms with Crippen molar-refractivity contribution < 1.29 is 18.0 Å². The molecular weight excluding hydrogens is 314 g/mol. The second kappa shape index (κ2) is 6.75. The van der Waals surface area contributed by atoms with Gasteiger partial charge in [-0.2, -0.15) is 0 Å². The topological polar surface area (TPSA) is 80.3 Å². The monoisotopic (exact) mass is 331 g/mol. The fourth-order valence-corrected chi connectivity index (χ4v) is 2.84. The van der Waals surface area contributed by atoms with Crippen molar-refractivity contribution in [2.24, 2.45) is 0 Å². The number of sulfone groups is 1. The lowest BCUT2D eigenvalue weighted by Crippen LogP contribution is -2.12. The Morgan fingerprint density at radius 2 is 1.43 bits per heavy atom. The lowest BCUT2D eigenvalue weighted by atomic mass is 10.1. The van der Waals surface area contributed by atoms with E-state index >= 15 is 0 Å². The van der Waals surface area contributed by atoms with Crippen LogP contribution in [0.5, 0.6) is 0 Å². The molecule has 2 aromatic rings. The average Bonchev–Trinajstić information content (AvgIpc) is 2.46. The van der Waals surface area contributed by atoms with Gasteiger partial charge in [0.15, 0.2) is 15.6 Å². The SMILES string of the molecule is CC(=O)c1ccc(NC(=O)c2ccc(CS(C)(=O)=O)cc2)cc1. The average molecular weight is 331 g/mol. The summed E-state index contributed by atoms with van der Waals surface area (Å²) < 4.78 is 22.5. The van der Waals surface area contributed by atoms with E-state index in [9.17, 15) is 18.0 Å². The van der Waals surface area contributed by atoms with E-state index in [0.29, 0.717) is 22.4 Å². The van der Waals surface area contributed by atoms with Crippen LogP contribution in [0.4, 0.5) is 5.69 Å². The van der Waals surface area contributed by atoms with E-state index in [1.54, 1.807) is 48.5 Å². The first-order valence-corrected chi connectivity index (χ1v) is 9.00. The molecule has 0 saturated heterocycles. The van der Waals surface area contributed by atoms with Crippen LogP contribution in [0.3, 0.4) is 0 Å². The Morgan fingerprint density at radius 3 is 1.91 bits per heavy atom. The van der Waals surface area contributed by atoms with Crippen molar-refractivity contribution in [3.63, 3.8) is 0 Å². The van der Waals surface area contributed by atoms with Gasteiger partial charge in [0.2, 0.25) is 0 Å². The van der Waals surface area contributed by atoms with Crippen molar-refractivity contribution in [1.29, 1.82) is 0 Å². The molecule has 0 radical (unpaired) electrons. The van der Waals surface area contributed by atoms with Crippen LogP contribution >= 0.6 is 0 Å². The van der Waals surface area contributed by atoms with Crippen LogP contribution in [-0.2, 0) is 15.6 Å². The Balaban J connectivity index is 2.07. The third-order valence-electron chi connectivity index (χ3n) is 3.19.